The molecule has 0 aliphatic heterocycles. The van der Waals surface area contributed by atoms with Crippen LogP contribution < -0.4 is 5.32 Å². The molecule has 0 atom stereocenters. The van der Waals surface area contributed by atoms with Crippen LogP contribution in [0.25, 0.3) is 0 Å². The first-order valence-corrected chi connectivity index (χ1v) is 7.54. The molecule has 0 unspecified atom stereocenters. The van der Waals surface area contributed by atoms with Gasteiger partial charge in [0.05, 0.1) is 18.4 Å². The number of rotatable bonds is 3. The topological polar surface area (TPSA) is 55.4 Å². The van der Waals surface area contributed by atoms with Crippen LogP contribution in [0, 0.1) is 12.7 Å². The molecular formula is C14H11BrFNO3S. The monoisotopic (exact) mass is 371 g/mol. The Labute approximate surface area is 133 Å². The number of halogens is 2. The predicted octanol–water partition coefficient (Wildman–Crippen LogP) is 4.00. The fraction of sp³-hybridized carbons (Fsp3) is 0.143. The molecule has 1 heterocycles. The van der Waals surface area contributed by atoms with E-state index in [-0.39, 0.29) is 10.4 Å². The summed E-state index contributed by atoms with van der Waals surface area (Å²) in [5.41, 5.74) is 0.937. The summed E-state index contributed by atoms with van der Waals surface area (Å²) in [5, 5.41) is 4.29. The van der Waals surface area contributed by atoms with Crippen molar-refractivity contribution in [3.05, 3.63) is 49.9 Å². The van der Waals surface area contributed by atoms with Gasteiger partial charge in [0.2, 0.25) is 0 Å². The van der Waals surface area contributed by atoms with Gasteiger partial charge in [-0.1, -0.05) is 6.07 Å². The highest BCUT2D eigenvalue weighted by atomic mass is 79.9. The van der Waals surface area contributed by atoms with Crippen LogP contribution in [0.15, 0.2) is 28.1 Å². The number of aryl methyl sites for hydroxylation is 1. The molecule has 110 valence electrons. The normalized spacial score (nSPS) is 10.3. The van der Waals surface area contributed by atoms with Crippen LogP contribution in [0.1, 0.15) is 25.6 Å². The molecule has 0 bridgehead atoms. The maximum absolute atomic E-state index is 13.8. The standard InChI is InChI=1S/C14H11BrFNO3S/c1-7-6-21-12(14(19)20-2)11(7)17-13(18)10-8(15)4-3-5-9(10)16/h3-6H,1-2H3,(H,17,18). The van der Waals surface area contributed by atoms with Crippen molar-refractivity contribution in [1.82, 2.24) is 0 Å². The zero-order valence-corrected chi connectivity index (χ0v) is 13.6. The van der Waals surface area contributed by atoms with Crippen molar-refractivity contribution in [2.45, 2.75) is 6.92 Å². The van der Waals surface area contributed by atoms with Gasteiger partial charge in [0.15, 0.2) is 0 Å². The zero-order chi connectivity index (χ0) is 15.6. The Hall–Kier alpha value is -1.73. The number of methoxy groups -OCH3 is 1. The first-order valence-electron chi connectivity index (χ1n) is 5.87. The minimum atomic E-state index is -0.644. The molecule has 0 aliphatic rings. The van der Waals surface area contributed by atoms with Gasteiger partial charge < -0.3 is 10.1 Å². The van der Waals surface area contributed by atoms with Crippen LogP contribution in [0.4, 0.5) is 10.1 Å². The molecule has 0 aliphatic carbocycles. The summed E-state index contributed by atoms with van der Waals surface area (Å²) in [5.74, 6) is -1.82. The lowest BCUT2D eigenvalue weighted by atomic mass is 10.2. The summed E-state index contributed by atoms with van der Waals surface area (Å²) in [6, 6.07) is 4.26. The minimum Gasteiger partial charge on any atom is -0.465 e. The molecular weight excluding hydrogens is 361 g/mol. The molecule has 2 rings (SSSR count). The average Bonchev–Trinajstić information content (AvgIpc) is 2.79. The lowest BCUT2D eigenvalue weighted by Gasteiger charge is -2.09. The van der Waals surface area contributed by atoms with Gasteiger partial charge in [0, 0.05) is 4.47 Å². The number of benzene rings is 1. The maximum atomic E-state index is 13.8. The lowest BCUT2D eigenvalue weighted by molar-refractivity contribution is 0.0607. The number of carbonyl (C=O) groups is 2. The van der Waals surface area contributed by atoms with Crippen LogP contribution in [0.5, 0.6) is 0 Å². The van der Waals surface area contributed by atoms with Gasteiger partial charge in [-0.05, 0) is 45.9 Å². The second-order valence-electron chi connectivity index (χ2n) is 4.17. The van der Waals surface area contributed by atoms with E-state index in [1.165, 1.54) is 19.2 Å². The van der Waals surface area contributed by atoms with E-state index in [2.05, 4.69) is 26.0 Å². The van der Waals surface area contributed by atoms with E-state index in [0.29, 0.717) is 15.7 Å². The van der Waals surface area contributed by atoms with Crippen molar-refractivity contribution in [1.29, 1.82) is 0 Å². The average molecular weight is 372 g/mol. The number of anilines is 1. The molecule has 7 heteroatoms. The van der Waals surface area contributed by atoms with E-state index in [1.54, 1.807) is 18.4 Å². The third kappa shape index (κ3) is 3.14. The van der Waals surface area contributed by atoms with Gasteiger partial charge in [0.1, 0.15) is 10.7 Å². The largest absolute Gasteiger partial charge is 0.465 e. The van der Waals surface area contributed by atoms with Crippen molar-refractivity contribution in [2.24, 2.45) is 0 Å². The van der Waals surface area contributed by atoms with Crippen molar-refractivity contribution < 1.29 is 18.7 Å². The predicted molar refractivity (Wildman–Crippen MR) is 82.4 cm³/mol. The van der Waals surface area contributed by atoms with E-state index in [0.717, 1.165) is 11.3 Å². The fourth-order valence-corrected chi connectivity index (χ4v) is 3.18. The number of amides is 1. The highest BCUT2D eigenvalue weighted by molar-refractivity contribution is 9.10. The fourth-order valence-electron chi connectivity index (χ4n) is 1.73. The Kier molecular flexibility index (Phi) is 4.74. The van der Waals surface area contributed by atoms with E-state index < -0.39 is 17.7 Å². The molecule has 4 nitrogen and oxygen atoms in total. The smallest absolute Gasteiger partial charge is 0.350 e. The highest BCUT2D eigenvalue weighted by Crippen LogP contribution is 2.30. The van der Waals surface area contributed by atoms with Gasteiger partial charge in [-0.3, -0.25) is 4.79 Å². The molecule has 0 radical (unpaired) electrons. The van der Waals surface area contributed by atoms with Crippen molar-refractivity contribution >= 4 is 44.8 Å². The van der Waals surface area contributed by atoms with Crippen LogP contribution in [-0.2, 0) is 4.74 Å². The molecule has 1 N–H and O–H groups in total. The molecule has 1 amide bonds. The SMILES string of the molecule is COC(=O)c1scc(C)c1NC(=O)c1c(F)cccc1Br. The Morgan fingerprint density at radius 1 is 1.38 bits per heavy atom. The summed E-state index contributed by atoms with van der Waals surface area (Å²) in [4.78, 5) is 24.2. The van der Waals surface area contributed by atoms with Crippen LogP contribution in [-0.4, -0.2) is 19.0 Å². The molecule has 0 saturated carbocycles. The maximum Gasteiger partial charge on any atom is 0.350 e. The number of nitrogens with one attached hydrogen (secondary N) is 1. The molecule has 0 saturated heterocycles. The van der Waals surface area contributed by atoms with Gasteiger partial charge in [-0.25, -0.2) is 9.18 Å². The Morgan fingerprint density at radius 3 is 2.71 bits per heavy atom. The van der Waals surface area contributed by atoms with Crippen LogP contribution in [0.3, 0.4) is 0 Å². The Balaban J connectivity index is 2.37. The molecule has 1 aromatic heterocycles. The third-order valence-corrected chi connectivity index (χ3v) is 4.51. The molecule has 0 fully saturated rings. The molecule has 21 heavy (non-hydrogen) atoms. The minimum absolute atomic E-state index is 0.112. The third-order valence-electron chi connectivity index (χ3n) is 2.77. The van der Waals surface area contributed by atoms with E-state index in [4.69, 9.17) is 0 Å². The number of hydrogen-bond acceptors (Lipinski definition) is 4. The highest BCUT2D eigenvalue weighted by Gasteiger charge is 2.21. The number of esters is 1. The summed E-state index contributed by atoms with van der Waals surface area (Å²) in [6.45, 7) is 1.74. The van der Waals surface area contributed by atoms with Crippen LogP contribution >= 0.6 is 27.3 Å². The van der Waals surface area contributed by atoms with Gasteiger partial charge in [0.25, 0.3) is 5.91 Å². The quantitative estimate of drug-likeness (QED) is 0.829. The molecule has 1 aromatic carbocycles. The molecule has 0 spiro atoms. The summed E-state index contributed by atoms with van der Waals surface area (Å²) >= 11 is 4.30. The van der Waals surface area contributed by atoms with E-state index in [9.17, 15) is 14.0 Å². The summed E-state index contributed by atoms with van der Waals surface area (Å²) < 4.78 is 18.8. The number of thiophene rings is 1. The van der Waals surface area contributed by atoms with Crippen molar-refractivity contribution in [2.75, 3.05) is 12.4 Å². The first-order chi connectivity index (χ1) is 9.95. The summed E-state index contributed by atoms with van der Waals surface area (Å²) in [6.07, 6.45) is 0. The van der Waals surface area contributed by atoms with E-state index >= 15 is 0 Å². The van der Waals surface area contributed by atoms with Gasteiger partial charge >= 0.3 is 5.97 Å². The van der Waals surface area contributed by atoms with Gasteiger partial charge in [-0.15, -0.1) is 11.3 Å². The number of carbonyl (C=O) groups excluding carboxylic acids is 2. The first kappa shape index (κ1) is 15.7. The van der Waals surface area contributed by atoms with Gasteiger partial charge in [-0.2, -0.15) is 0 Å². The molecule has 2 aromatic rings. The van der Waals surface area contributed by atoms with E-state index in [1.807, 2.05) is 0 Å². The van der Waals surface area contributed by atoms with Crippen molar-refractivity contribution in [3.8, 4) is 0 Å². The van der Waals surface area contributed by atoms with Crippen LogP contribution in [0.2, 0.25) is 0 Å². The Morgan fingerprint density at radius 2 is 2.10 bits per heavy atom. The zero-order valence-electron chi connectivity index (χ0n) is 11.2. The number of hydrogen-bond donors (Lipinski definition) is 1. The van der Waals surface area contributed by atoms with Crippen molar-refractivity contribution in [3.63, 3.8) is 0 Å². The Bertz CT molecular complexity index is 694. The second-order valence-corrected chi connectivity index (χ2v) is 5.90. The lowest BCUT2D eigenvalue weighted by Crippen LogP contribution is -2.16. The summed E-state index contributed by atoms with van der Waals surface area (Å²) in [7, 11) is 1.26. The number of ether oxygens (including phenoxy) is 1. The second kappa shape index (κ2) is 6.36.